The van der Waals surface area contributed by atoms with Crippen LogP contribution in [0.1, 0.15) is 21.7 Å². The number of aromatic nitrogens is 2. The topological polar surface area (TPSA) is 86.9 Å². The number of H-pyrrole nitrogens is 1. The van der Waals surface area contributed by atoms with E-state index in [1.54, 1.807) is 54.6 Å². The number of hydrogen-bond acceptors (Lipinski definition) is 3. The highest BCUT2D eigenvalue weighted by atomic mass is 35.5. The molecular weight excluding hydrogens is 424 g/mol. The van der Waals surface area contributed by atoms with Crippen molar-refractivity contribution in [2.24, 2.45) is 0 Å². The number of carbonyl (C=O) groups is 2. The monoisotopic (exact) mass is 444 g/mol. The molecule has 0 atom stereocenters. The van der Waals surface area contributed by atoms with Crippen LogP contribution in [-0.4, -0.2) is 28.3 Å². The second-order valence-electron chi connectivity index (χ2n) is 7.14. The summed E-state index contributed by atoms with van der Waals surface area (Å²) in [7, 11) is 0. The minimum atomic E-state index is -0.389. The van der Waals surface area contributed by atoms with Gasteiger partial charge in [0, 0.05) is 23.6 Å². The van der Waals surface area contributed by atoms with Crippen LogP contribution < -0.4 is 10.6 Å². The number of benzene rings is 3. The van der Waals surface area contributed by atoms with E-state index in [2.05, 4.69) is 20.6 Å². The van der Waals surface area contributed by atoms with Crippen LogP contribution in [0.15, 0.2) is 84.6 Å². The highest BCUT2D eigenvalue weighted by Crippen LogP contribution is 2.13. The van der Waals surface area contributed by atoms with E-state index < -0.39 is 0 Å². The number of fused-ring (bicyclic) bond motifs is 1. The van der Waals surface area contributed by atoms with Crippen LogP contribution in [0.5, 0.6) is 0 Å². The first-order chi connectivity index (χ1) is 15.6. The van der Waals surface area contributed by atoms with Gasteiger partial charge in [-0.2, -0.15) is 0 Å². The van der Waals surface area contributed by atoms with Gasteiger partial charge in [-0.25, -0.2) is 4.98 Å². The average molecular weight is 445 g/mol. The van der Waals surface area contributed by atoms with Crippen molar-refractivity contribution in [1.82, 2.24) is 20.6 Å². The Kier molecular flexibility index (Phi) is 6.63. The molecule has 0 saturated heterocycles. The molecule has 2 amide bonds. The van der Waals surface area contributed by atoms with Gasteiger partial charge < -0.3 is 15.6 Å². The van der Waals surface area contributed by atoms with Crippen LogP contribution in [0.25, 0.3) is 17.1 Å². The smallest absolute Gasteiger partial charge is 0.267 e. The first-order valence-electron chi connectivity index (χ1n) is 10.1. The van der Waals surface area contributed by atoms with Crippen LogP contribution in [-0.2, 0) is 11.2 Å². The molecule has 0 fully saturated rings. The molecule has 3 N–H and O–H groups in total. The fourth-order valence-corrected chi connectivity index (χ4v) is 3.31. The van der Waals surface area contributed by atoms with Gasteiger partial charge in [-0.3, -0.25) is 9.59 Å². The van der Waals surface area contributed by atoms with Crippen molar-refractivity contribution in [3.8, 4) is 0 Å². The van der Waals surface area contributed by atoms with Gasteiger partial charge in [0.25, 0.3) is 11.8 Å². The van der Waals surface area contributed by atoms with Crippen LogP contribution in [0, 0.1) is 0 Å². The molecule has 3 aromatic carbocycles. The van der Waals surface area contributed by atoms with E-state index in [0.29, 0.717) is 23.6 Å². The van der Waals surface area contributed by atoms with Gasteiger partial charge in [-0.1, -0.05) is 54.1 Å². The van der Waals surface area contributed by atoms with Crippen molar-refractivity contribution in [3.63, 3.8) is 0 Å². The number of nitrogens with zero attached hydrogens (tertiary/aromatic N) is 1. The molecule has 0 aliphatic carbocycles. The summed E-state index contributed by atoms with van der Waals surface area (Å²) in [5.74, 6) is 0.0293. The normalized spacial score (nSPS) is 11.3. The molecule has 0 bridgehead atoms. The van der Waals surface area contributed by atoms with Gasteiger partial charge >= 0.3 is 0 Å². The van der Waals surface area contributed by atoms with E-state index >= 15 is 0 Å². The molecule has 160 valence electrons. The molecule has 4 rings (SSSR count). The Bertz CT molecular complexity index is 1230. The minimum absolute atomic E-state index is 0.144. The standard InChI is InChI=1S/C25H21ClN4O2/c26-19-12-10-17(11-13-19)16-22(30-24(31)18-6-2-1-3-7-18)25(32)27-15-14-23-28-20-8-4-5-9-21(20)29-23/h1-13,16H,14-15H2,(H,27,32)(H,28,29)(H,30,31). The number of carbonyl (C=O) groups excluding carboxylic acids is 2. The molecule has 6 nitrogen and oxygen atoms in total. The Balaban J connectivity index is 1.47. The number of aromatic amines is 1. The lowest BCUT2D eigenvalue weighted by Crippen LogP contribution is -2.35. The van der Waals surface area contributed by atoms with Crippen molar-refractivity contribution in [1.29, 1.82) is 0 Å². The zero-order valence-corrected chi connectivity index (χ0v) is 17.9. The van der Waals surface area contributed by atoms with E-state index in [4.69, 9.17) is 11.6 Å². The first-order valence-corrected chi connectivity index (χ1v) is 10.5. The van der Waals surface area contributed by atoms with Gasteiger partial charge in [0.1, 0.15) is 11.5 Å². The second-order valence-corrected chi connectivity index (χ2v) is 7.57. The highest BCUT2D eigenvalue weighted by molar-refractivity contribution is 6.30. The Hall–Kier alpha value is -3.90. The quantitative estimate of drug-likeness (QED) is 0.370. The van der Waals surface area contributed by atoms with Crippen LogP contribution in [0.3, 0.4) is 0 Å². The zero-order chi connectivity index (χ0) is 22.3. The maximum atomic E-state index is 12.9. The van der Waals surface area contributed by atoms with Gasteiger partial charge in [0.15, 0.2) is 0 Å². The summed E-state index contributed by atoms with van der Waals surface area (Å²) in [6.45, 7) is 0.359. The molecule has 4 aromatic rings. The molecule has 1 heterocycles. The summed E-state index contributed by atoms with van der Waals surface area (Å²) in [6, 6.07) is 23.5. The predicted octanol–water partition coefficient (Wildman–Crippen LogP) is 4.35. The maximum absolute atomic E-state index is 12.9. The number of imidazole rings is 1. The van der Waals surface area contributed by atoms with Crippen LogP contribution in [0.2, 0.25) is 5.02 Å². The first kappa shape index (κ1) is 21.3. The SMILES string of the molecule is O=C(NCCc1nc2ccccc2[nH]1)C(=Cc1ccc(Cl)cc1)NC(=O)c1ccccc1. The lowest BCUT2D eigenvalue weighted by atomic mass is 10.1. The van der Waals surface area contributed by atoms with Crippen molar-refractivity contribution in [2.75, 3.05) is 6.54 Å². The minimum Gasteiger partial charge on any atom is -0.350 e. The summed E-state index contributed by atoms with van der Waals surface area (Å²) in [6.07, 6.45) is 2.15. The number of para-hydroxylation sites is 2. The Morgan fingerprint density at radius 3 is 2.41 bits per heavy atom. The fraction of sp³-hybridized carbons (Fsp3) is 0.0800. The molecule has 0 aliphatic rings. The zero-order valence-electron chi connectivity index (χ0n) is 17.1. The van der Waals surface area contributed by atoms with Crippen molar-refractivity contribution in [3.05, 3.63) is 107 Å². The lowest BCUT2D eigenvalue weighted by Gasteiger charge is -2.11. The Morgan fingerprint density at radius 1 is 0.938 bits per heavy atom. The molecule has 0 spiro atoms. The average Bonchev–Trinajstić information content (AvgIpc) is 3.23. The van der Waals surface area contributed by atoms with Crippen molar-refractivity contribution < 1.29 is 9.59 Å². The molecule has 0 saturated carbocycles. The van der Waals surface area contributed by atoms with Crippen LogP contribution in [0.4, 0.5) is 0 Å². The largest absolute Gasteiger partial charge is 0.350 e. The number of rotatable bonds is 7. The highest BCUT2D eigenvalue weighted by Gasteiger charge is 2.14. The maximum Gasteiger partial charge on any atom is 0.267 e. The van der Waals surface area contributed by atoms with E-state index in [0.717, 1.165) is 22.4 Å². The number of halogens is 1. The van der Waals surface area contributed by atoms with E-state index in [9.17, 15) is 9.59 Å². The summed E-state index contributed by atoms with van der Waals surface area (Å²) >= 11 is 5.95. The second kappa shape index (κ2) is 9.94. The third kappa shape index (κ3) is 5.42. The van der Waals surface area contributed by atoms with Gasteiger partial charge in [0.2, 0.25) is 0 Å². The van der Waals surface area contributed by atoms with Gasteiger partial charge in [0.05, 0.1) is 11.0 Å². The summed E-state index contributed by atoms with van der Waals surface area (Å²) in [5, 5.41) is 6.17. The predicted molar refractivity (Wildman–Crippen MR) is 126 cm³/mol. The fourth-order valence-electron chi connectivity index (χ4n) is 3.18. The molecule has 32 heavy (non-hydrogen) atoms. The number of amides is 2. The Labute approximate surface area is 190 Å². The van der Waals surface area contributed by atoms with Crippen molar-refractivity contribution >= 4 is 40.5 Å². The van der Waals surface area contributed by atoms with Crippen molar-refractivity contribution in [2.45, 2.75) is 6.42 Å². The molecule has 7 heteroatoms. The number of nitrogens with one attached hydrogen (secondary N) is 3. The lowest BCUT2D eigenvalue weighted by molar-refractivity contribution is -0.117. The van der Waals surface area contributed by atoms with E-state index in [1.165, 1.54) is 0 Å². The van der Waals surface area contributed by atoms with Gasteiger partial charge in [-0.05, 0) is 48.0 Å². The van der Waals surface area contributed by atoms with E-state index in [-0.39, 0.29) is 17.5 Å². The molecule has 0 aliphatic heterocycles. The molecular formula is C25H21ClN4O2. The molecule has 1 aromatic heterocycles. The summed E-state index contributed by atoms with van der Waals surface area (Å²) in [5.41, 5.74) is 3.18. The summed E-state index contributed by atoms with van der Waals surface area (Å²) in [4.78, 5) is 33.3. The van der Waals surface area contributed by atoms with E-state index in [1.807, 2.05) is 30.3 Å². The van der Waals surface area contributed by atoms with Crippen LogP contribution >= 0.6 is 11.6 Å². The van der Waals surface area contributed by atoms with Gasteiger partial charge in [-0.15, -0.1) is 0 Å². The Morgan fingerprint density at radius 2 is 1.66 bits per heavy atom. The molecule has 0 unspecified atom stereocenters. The number of hydrogen-bond donors (Lipinski definition) is 3. The third-order valence-electron chi connectivity index (χ3n) is 4.80. The molecule has 0 radical (unpaired) electrons. The third-order valence-corrected chi connectivity index (χ3v) is 5.05. The summed E-state index contributed by atoms with van der Waals surface area (Å²) < 4.78 is 0.